The number of fused-ring (bicyclic) bond motifs is 1. The van der Waals surface area contributed by atoms with Gasteiger partial charge in [0.05, 0.1) is 31.8 Å². The molecule has 3 heterocycles. The van der Waals surface area contributed by atoms with E-state index in [1.165, 1.54) is 10.4 Å². The minimum Gasteiger partial charge on any atom is -0.394 e. The summed E-state index contributed by atoms with van der Waals surface area (Å²) in [6.07, 6.45) is 4.75. The van der Waals surface area contributed by atoms with E-state index >= 15 is 0 Å². The molecule has 326 valence electrons. The van der Waals surface area contributed by atoms with Crippen LogP contribution in [-0.2, 0) is 38.4 Å². The van der Waals surface area contributed by atoms with Gasteiger partial charge in [0.1, 0.15) is 18.1 Å². The standard InChI is InChI=1S/C36H60N10O11S/c1-20(2)14-21(15-28(49)45-57)33(53)42-23(18-47)35(55)46-13-7-9-25(46)34(54)40-16-29(50)39-17-30(51)41-22(32(37)52)8-5-6-12-38-27(48)11-4-3-10-26-31-24(19-58-26)43-36(56)44-31/h20-26,31,47,57H,3-19H2,1-2H3,(H2,37,52)(H,38,48)(H,39,50)(H,40,54)(H,41,51)(H,42,53)(H,45,49)(H2,43,44,56)/t21?,22-,23-,24-,25-,26-,31-/m0/s1. The van der Waals surface area contributed by atoms with Crippen molar-refractivity contribution in [3.05, 3.63) is 0 Å². The number of nitrogens with two attached hydrogens (primary N) is 1. The number of aliphatic hydroxyl groups is 1. The third-order valence-electron chi connectivity index (χ3n) is 10.2. The maximum Gasteiger partial charge on any atom is 0.315 e. The lowest BCUT2D eigenvalue weighted by atomic mass is 9.92. The van der Waals surface area contributed by atoms with Crippen molar-refractivity contribution < 1.29 is 53.5 Å². The number of rotatable bonds is 25. The fraction of sp³-hybridized carbons (Fsp3) is 0.750. The Hall–Kier alpha value is -4.70. The molecule has 0 aliphatic carbocycles. The number of nitrogens with one attached hydrogen (secondary N) is 8. The van der Waals surface area contributed by atoms with E-state index in [9.17, 15) is 48.3 Å². The highest BCUT2D eigenvalue weighted by Crippen LogP contribution is 2.33. The Kier molecular flexibility index (Phi) is 20.0. The molecule has 58 heavy (non-hydrogen) atoms. The number of hydrogen-bond acceptors (Lipinski definition) is 12. The van der Waals surface area contributed by atoms with Gasteiger partial charge in [-0.25, -0.2) is 10.3 Å². The molecule has 3 saturated heterocycles. The topological polar surface area (TPSA) is 320 Å². The van der Waals surface area contributed by atoms with Crippen molar-refractivity contribution >= 4 is 65.1 Å². The summed E-state index contributed by atoms with van der Waals surface area (Å²) in [6, 6.07) is -3.22. The Morgan fingerprint density at radius 1 is 0.897 bits per heavy atom. The van der Waals surface area contributed by atoms with E-state index in [1.807, 2.05) is 25.6 Å². The third-order valence-corrected chi connectivity index (χ3v) is 11.7. The number of amides is 10. The van der Waals surface area contributed by atoms with Crippen molar-refractivity contribution in [3.63, 3.8) is 0 Å². The average Bonchev–Trinajstić information content (AvgIpc) is 3.92. The van der Waals surface area contributed by atoms with Crippen LogP contribution in [0.2, 0.25) is 0 Å². The van der Waals surface area contributed by atoms with Crippen molar-refractivity contribution in [2.75, 3.05) is 38.5 Å². The maximum atomic E-state index is 13.3. The van der Waals surface area contributed by atoms with Gasteiger partial charge in [0.15, 0.2) is 0 Å². The Balaban J connectivity index is 1.31. The molecule has 0 bridgehead atoms. The minimum absolute atomic E-state index is 0.000369. The summed E-state index contributed by atoms with van der Waals surface area (Å²) in [7, 11) is 0. The van der Waals surface area contributed by atoms with Crippen LogP contribution in [0.25, 0.3) is 0 Å². The van der Waals surface area contributed by atoms with Crippen molar-refractivity contribution in [2.24, 2.45) is 17.6 Å². The predicted octanol–water partition coefficient (Wildman–Crippen LogP) is -2.77. The first kappa shape index (κ1) is 47.7. The van der Waals surface area contributed by atoms with Crippen LogP contribution in [0, 0.1) is 11.8 Å². The van der Waals surface area contributed by atoms with Crippen molar-refractivity contribution in [2.45, 2.75) is 120 Å². The molecular weight excluding hydrogens is 781 g/mol. The van der Waals surface area contributed by atoms with Crippen molar-refractivity contribution in [1.29, 1.82) is 0 Å². The summed E-state index contributed by atoms with van der Waals surface area (Å²) in [5.41, 5.74) is 6.94. The van der Waals surface area contributed by atoms with Gasteiger partial charge in [-0.1, -0.05) is 20.3 Å². The number of thioether (sulfide) groups is 1. The summed E-state index contributed by atoms with van der Waals surface area (Å²) in [6.45, 7) is 2.38. The molecule has 0 aromatic carbocycles. The minimum atomic E-state index is -1.40. The van der Waals surface area contributed by atoms with E-state index in [4.69, 9.17) is 10.9 Å². The number of primary amides is 1. The Morgan fingerprint density at radius 2 is 1.64 bits per heavy atom. The van der Waals surface area contributed by atoms with Gasteiger partial charge in [0.2, 0.25) is 47.3 Å². The molecule has 0 aromatic heterocycles. The van der Waals surface area contributed by atoms with E-state index in [1.54, 1.807) is 0 Å². The fourth-order valence-electron chi connectivity index (χ4n) is 7.22. The predicted molar refractivity (Wildman–Crippen MR) is 209 cm³/mol. The number of hydroxylamine groups is 1. The molecule has 3 rings (SSSR count). The quantitative estimate of drug-likeness (QED) is 0.0193. The second kappa shape index (κ2) is 24.3. The SMILES string of the molecule is CC(C)CC(CC(=O)NO)C(=O)N[C@@H](CO)C(=O)N1CCC[C@H]1C(=O)NCC(=O)NCC(=O)N[C@@H](CCCCNC(=O)CCCC[C@@H]1SC[C@@H]2NC(=O)N[C@@H]21)C(N)=O. The number of aliphatic hydroxyl groups excluding tert-OH is 1. The molecule has 10 amide bonds. The highest BCUT2D eigenvalue weighted by Gasteiger charge is 2.42. The van der Waals surface area contributed by atoms with Gasteiger partial charge in [-0.15, -0.1) is 0 Å². The van der Waals surface area contributed by atoms with E-state index in [-0.39, 0.29) is 62.2 Å². The molecule has 0 saturated carbocycles. The van der Waals surface area contributed by atoms with Gasteiger partial charge in [0.25, 0.3) is 0 Å². The number of nitrogens with zero attached hydrogens (tertiary/aromatic N) is 1. The maximum absolute atomic E-state index is 13.3. The van der Waals surface area contributed by atoms with Gasteiger partial charge in [0, 0.05) is 42.9 Å². The number of carbonyl (C=O) groups excluding carboxylic acids is 9. The van der Waals surface area contributed by atoms with E-state index in [0.717, 1.165) is 25.0 Å². The van der Waals surface area contributed by atoms with Crippen molar-refractivity contribution in [3.8, 4) is 0 Å². The van der Waals surface area contributed by atoms with Gasteiger partial charge < -0.3 is 53.0 Å². The van der Waals surface area contributed by atoms with Gasteiger partial charge in [-0.3, -0.25) is 43.6 Å². The molecule has 0 radical (unpaired) electrons. The number of likely N-dealkylation sites (tertiary alicyclic amines) is 1. The zero-order valence-electron chi connectivity index (χ0n) is 33.1. The van der Waals surface area contributed by atoms with Crippen LogP contribution < -0.4 is 48.4 Å². The normalized spacial score (nSPS) is 21.1. The zero-order chi connectivity index (χ0) is 42.8. The fourth-order valence-corrected chi connectivity index (χ4v) is 8.76. The monoisotopic (exact) mass is 840 g/mol. The summed E-state index contributed by atoms with van der Waals surface area (Å²) in [5, 5.41) is 37.6. The molecule has 3 aliphatic rings. The lowest BCUT2D eigenvalue weighted by molar-refractivity contribution is -0.143. The van der Waals surface area contributed by atoms with Crippen LogP contribution in [0.3, 0.4) is 0 Å². The Morgan fingerprint density at radius 3 is 2.33 bits per heavy atom. The number of hydrogen-bond donors (Lipinski definition) is 11. The van der Waals surface area contributed by atoms with E-state index in [0.29, 0.717) is 37.5 Å². The first-order valence-electron chi connectivity index (χ1n) is 19.9. The van der Waals surface area contributed by atoms with Crippen LogP contribution in [0.15, 0.2) is 0 Å². The largest absolute Gasteiger partial charge is 0.394 e. The molecule has 22 heteroatoms. The lowest BCUT2D eigenvalue weighted by Gasteiger charge is -2.29. The van der Waals surface area contributed by atoms with Crippen molar-refractivity contribution in [1.82, 2.24) is 47.6 Å². The van der Waals surface area contributed by atoms with Crippen LogP contribution in [-0.4, -0.2) is 143 Å². The summed E-state index contributed by atoms with van der Waals surface area (Å²) < 4.78 is 0. The molecule has 3 fully saturated rings. The molecule has 12 N–H and O–H groups in total. The Bertz CT molecular complexity index is 1490. The second-order valence-corrected chi connectivity index (χ2v) is 16.5. The number of carbonyl (C=O) groups is 9. The average molecular weight is 841 g/mol. The Labute approximate surface area is 341 Å². The first-order valence-corrected chi connectivity index (χ1v) is 20.9. The molecular formula is C36H60N10O11S. The molecule has 21 nitrogen and oxygen atoms in total. The van der Waals surface area contributed by atoms with Gasteiger partial charge in [-0.05, 0) is 57.3 Å². The van der Waals surface area contributed by atoms with Gasteiger partial charge in [-0.2, -0.15) is 11.8 Å². The van der Waals surface area contributed by atoms with E-state index in [2.05, 4.69) is 37.2 Å². The van der Waals surface area contributed by atoms with Crippen LogP contribution in [0.5, 0.6) is 0 Å². The number of urea groups is 1. The number of unbranched alkanes of at least 4 members (excludes halogenated alkanes) is 2. The highest BCUT2D eigenvalue weighted by molar-refractivity contribution is 8.00. The molecule has 0 spiro atoms. The third kappa shape index (κ3) is 15.6. The first-order chi connectivity index (χ1) is 27.6. The van der Waals surface area contributed by atoms with Crippen LogP contribution in [0.1, 0.15) is 84.5 Å². The summed E-state index contributed by atoms with van der Waals surface area (Å²) in [5.74, 6) is -5.10. The summed E-state index contributed by atoms with van der Waals surface area (Å²) >= 11 is 1.83. The van der Waals surface area contributed by atoms with Crippen LogP contribution in [0.4, 0.5) is 4.79 Å². The zero-order valence-corrected chi connectivity index (χ0v) is 34.0. The molecule has 0 aromatic rings. The lowest BCUT2D eigenvalue weighted by Crippen LogP contribution is -2.56. The molecule has 3 aliphatic heterocycles. The van der Waals surface area contributed by atoms with Gasteiger partial charge >= 0.3 is 6.03 Å². The van der Waals surface area contributed by atoms with E-state index < -0.39 is 85.1 Å². The smallest absolute Gasteiger partial charge is 0.315 e. The second-order valence-electron chi connectivity index (χ2n) is 15.2. The molecule has 7 atom stereocenters. The molecule has 1 unspecified atom stereocenters. The summed E-state index contributed by atoms with van der Waals surface area (Å²) in [4.78, 5) is 113. The van der Waals surface area contributed by atoms with Crippen LogP contribution >= 0.6 is 11.8 Å². The highest BCUT2D eigenvalue weighted by atomic mass is 32.2.